The highest BCUT2D eigenvalue weighted by Crippen LogP contribution is 2.19. The van der Waals surface area contributed by atoms with Crippen LogP contribution >= 0.6 is 15.9 Å². The molecule has 0 aliphatic carbocycles. The van der Waals surface area contributed by atoms with Gasteiger partial charge in [0.25, 0.3) is 0 Å². The third-order valence-corrected chi connectivity index (χ3v) is 3.17. The van der Waals surface area contributed by atoms with Crippen LogP contribution in [0.3, 0.4) is 0 Å². The van der Waals surface area contributed by atoms with Crippen molar-refractivity contribution in [3.63, 3.8) is 0 Å². The quantitative estimate of drug-likeness (QED) is 0.848. The minimum absolute atomic E-state index is 0.267. The summed E-state index contributed by atoms with van der Waals surface area (Å²) in [6, 6.07) is 8.63. The van der Waals surface area contributed by atoms with Gasteiger partial charge in [0.2, 0.25) is 0 Å². The van der Waals surface area contributed by atoms with Crippen molar-refractivity contribution >= 4 is 28.0 Å². The van der Waals surface area contributed by atoms with Crippen LogP contribution in [0.5, 0.6) is 0 Å². The molecule has 0 saturated heterocycles. The molecular formula is C12H15BrN2O. The molecular weight excluding hydrogens is 268 g/mol. The summed E-state index contributed by atoms with van der Waals surface area (Å²) in [7, 11) is 0. The highest BCUT2D eigenvalue weighted by Gasteiger charge is 2.15. The number of hydrogen-bond acceptors (Lipinski definition) is 3. The molecule has 4 heteroatoms. The van der Waals surface area contributed by atoms with Crippen molar-refractivity contribution in [1.29, 1.82) is 0 Å². The number of aliphatic imine (C=N–C) groups is 1. The van der Waals surface area contributed by atoms with Crippen LogP contribution in [-0.2, 0) is 4.74 Å². The summed E-state index contributed by atoms with van der Waals surface area (Å²) in [5.74, 6) is 0. The number of hydrogen-bond donors (Lipinski definition) is 0. The van der Waals surface area contributed by atoms with Crippen molar-refractivity contribution in [3.05, 3.63) is 28.7 Å². The van der Waals surface area contributed by atoms with Gasteiger partial charge in [-0.15, -0.1) is 0 Å². The predicted molar refractivity (Wildman–Crippen MR) is 70.3 cm³/mol. The third kappa shape index (κ3) is 2.76. The fourth-order valence-corrected chi connectivity index (χ4v) is 2.01. The van der Waals surface area contributed by atoms with Crippen molar-refractivity contribution in [2.75, 3.05) is 24.6 Å². The zero-order valence-electron chi connectivity index (χ0n) is 9.27. The van der Waals surface area contributed by atoms with E-state index >= 15 is 0 Å². The molecule has 2 rings (SSSR count). The van der Waals surface area contributed by atoms with Crippen LogP contribution in [0.25, 0.3) is 0 Å². The van der Waals surface area contributed by atoms with E-state index in [4.69, 9.17) is 4.74 Å². The van der Waals surface area contributed by atoms with Gasteiger partial charge in [-0.25, -0.2) is 4.99 Å². The summed E-state index contributed by atoms with van der Waals surface area (Å²) in [6.45, 7) is 4.75. The first-order valence-corrected chi connectivity index (χ1v) is 6.22. The number of ether oxygens (including phenoxy) is 1. The van der Waals surface area contributed by atoms with E-state index in [0.717, 1.165) is 17.6 Å². The van der Waals surface area contributed by atoms with Gasteiger partial charge >= 0.3 is 0 Å². The molecule has 0 aromatic heterocycles. The SMILES string of the molecule is CCN(CC1COC=N1)c1ccc(Br)cc1. The van der Waals surface area contributed by atoms with Gasteiger partial charge < -0.3 is 9.64 Å². The normalized spacial score (nSPS) is 18.5. The van der Waals surface area contributed by atoms with Gasteiger partial charge in [0.15, 0.2) is 6.40 Å². The van der Waals surface area contributed by atoms with E-state index in [9.17, 15) is 0 Å². The molecule has 16 heavy (non-hydrogen) atoms. The van der Waals surface area contributed by atoms with Crippen LogP contribution in [0, 0.1) is 0 Å². The maximum absolute atomic E-state index is 5.13. The maximum Gasteiger partial charge on any atom is 0.169 e. The lowest BCUT2D eigenvalue weighted by atomic mass is 10.2. The predicted octanol–water partition coefficient (Wildman–Crippen LogP) is 2.70. The van der Waals surface area contributed by atoms with E-state index in [1.807, 2.05) is 0 Å². The molecule has 1 aliphatic heterocycles. The number of anilines is 1. The van der Waals surface area contributed by atoms with E-state index in [2.05, 4.69) is 57.0 Å². The molecule has 1 unspecified atom stereocenters. The Hall–Kier alpha value is -1.03. The van der Waals surface area contributed by atoms with Gasteiger partial charge in [0, 0.05) is 23.2 Å². The van der Waals surface area contributed by atoms with E-state index in [1.165, 1.54) is 5.69 Å². The number of halogens is 1. The van der Waals surface area contributed by atoms with Crippen LogP contribution in [0.2, 0.25) is 0 Å². The summed E-state index contributed by atoms with van der Waals surface area (Å²) < 4.78 is 6.24. The molecule has 0 spiro atoms. The summed E-state index contributed by atoms with van der Waals surface area (Å²) in [5.41, 5.74) is 1.23. The fraction of sp³-hybridized carbons (Fsp3) is 0.417. The molecule has 1 atom stereocenters. The zero-order chi connectivity index (χ0) is 11.4. The average molecular weight is 283 g/mol. The second-order valence-corrected chi connectivity index (χ2v) is 4.67. The Morgan fingerprint density at radius 3 is 2.75 bits per heavy atom. The minimum Gasteiger partial charge on any atom is -0.481 e. The Labute approximate surface area is 104 Å². The Kier molecular flexibility index (Phi) is 3.83. The van der Waals surface area contributed by atoms with Crippen molar-refractivity contribution < 1.29 is 4.74 Å². The van der Waals surface area contributed by atoms with Crippen molar-refractivity contribution in [1.82, 2.24) is 0 Å². The first kappa shape index (κ1) is 11.5. The van der Waals surface area contributed by atoms with Crippen LogP contribution < -0.4 is 4.90 Å². The highest BCUT2D eigenvalue weighted by molar-refractivity contribution is 9.10. The fourth-order valence-electron chi connectivity index (χ4n) is 1.75. The van der Waals surface area contributed by atoms with Crippen molar-refractivity contribution in [2.45, 2.75) is 13.0 Å². The Balaban J connectivity index is 2.03. The van der Waals surface area contributed by atoms with E-state index in [0.29, 0.717) is 6.61 Å². The van der Waals surface area contributed by atoms with Crippen LogP contribution in [-0.4, -0.2) is 32.1 Å². The molecule has 1 aliphatic rings. The van der Waals surface area contributed by atoms with E-state index in [-0.39, 0.29) is 6.04 Å². The molecule has 3 nitrogen and oxygen atoms in total. The Morgan fingerprint density at radius 2 is 2.19 bits per heavy atom. The van der Waals surface area contributed by atoms with E-state index in [1.54, 1.807) is 6.40 Å². The summed E-state index contributed by atoms with van der Waals surface area (Å²) >= 11 is 3.44. The van der Waals surface area contributed by atoms with Gasteiger partial charge in [0.1, 0.15) is 12.6 Å². The molecule has 0 saturated carbocycles. The molecule has 0 radical (unpaired) electrons. The van der Waals surface area contributed by atoms with Crippen LogP contribution in [0.1, 0.15) is 6.92 Å². The van der Waals surface area contributed by atoms with Gasteiger partial charge in [-0.2, -0.15) is 0 Å². The summed E-state index contributed by atoms with van der Waals surface area (Å²) in [4.78, 5) is 6.58. The zero-order valence-corrected chi connectivity index (χ0v) is 10.9. The standard InChI is InChI=1S/C12H15BrN2O/c1-2-15(7-11-8-16-9-14-11)12-5-3-10(13)4-6-12/h3-6,9,11H,2,7-8H2,1H3. The van der Waals surface area contributed by atoms with Gasteiger partial charge in [-0.3, -0.25) is 0 Å². The number of benzene rings is 1. The monoisotopic (exact) mass is 282 g/mol. The molecule has 86 valence electrons. The average Bonchev–Trinajstić information content (AvgIpc) is 2.80. The molecule has 1 aromatic carbocycles. The number of rotatable bonds is 4. The minimum atomic E-state index is 0.267. The Bertz CT molecular complexity index is 364. The molecule has 0 N–H and O–H groups in total. The number of nitrogens with zero attached hydrogens (tertiary/aromatic N) is 2. The molecule has 0 amide bonds. The number of likely N-dealkylation sites (N-methyl/N-ethyl adjacent to an activating group) is 1. The lowest BCUT2D eigenvalue weighted by Crippen LogP contribution is -2.32. The van der Waals surface area contributed by atoms with Gasteiger partial charge in [-0.05, 0) is 31.2 Å². The maximum atomic E-state index is 5.13. The van der Waals surface area contributed by atoms with Crippen LogP contribution in [0.4, 0.5) is 5.69 Å². The smallest absolute Gasteiger partial charge is 0.169 e. The highest BCUT2D eigenvalue weighted by atomic mass is 79.9. The van der Waals surface area contributed by atoms with E-state index < -0.39 is 0 Å². The molecule has 0 fully saturated rings. The topological polar surface area (TPSA) is 24.8 Å². The van der Waals surface area contributed by atoms with Crippen molar-refractivity contribution in [3.8, 4) is 0 Å². The lowest BCUT2D eigenvalue weighted by molar-refractivity contribution is 0.328. The molecule has 0 bridgehead atoms. The second kappa shape index (κ2) is 5.34. The second-order valence-electron chi connectivity index (χ2n) is 3.76. The van der Waals surface area contributed by atoms with Crippen LogP contribution in [0.15, 0.2) is 33.7 Å². The van der Waals surface area contributed by atoms with Gasteiger partial charge in [-0.1, -0.05) is 15.9 Å². The van der Waals surface area contributed by atoms with Gasteiger partial charge in [0.05, 0.1) is 0 Å². The third-order valence-electron chi connectivity index (χ3n) is 2.64. The summed E-state index contributed by atoms with van der Waals surface area (Å²) in [5, 5.41) is 0. The van der Waals surface area contributed by atoms with Crippen molar-refractivity contribution in [2.24, 2.45) is 4.99 Å². The Morgan fingerprint density at radius 1 is 1.44 bits per heavy atom. The molecule has 1 aromatic rings. The molecule has 1 heterocycles. The first-order chi connectivity index (χ1) is 7.79. The lowest BCUT2D eigenvalue weighted by Gasteiger charge is -2.24. The summed E-state index contributed by atoms with van der Waals surface area (Å²) in [6.07, 6.45) is 1.56. The largest absolute Gasteiger partial charge is 0.481 e. The first-order valence-electron chi connectivity index (χ1n) is 5.43.